The summed E-state index contributed by atoms with van der Waals surface area (Å²) in [5.74, 6) is -8.00. The lowest BCUT2D eigenvalue weighted by Crippen LogP contribution is -2.62. The second-order valence-electron chi connectivity index (χ2n) is 19.3. The van der Waals surface area contributed by atoms with E-state index in [2.05, 4.69) is 37.2 Å². The zero-order valence-electron chi connectivity index (χ0n) is 44.7. The molecule has 1 aliphatic rings. The van der Waals surface area contributed by atoms with Gasteiger partial charge in [-0.05, 0) is 104 Å². The van der Waals surface area contributed by atoms with Crippen molar-refractivity contribution in [3.8, 4) is 11.5 Å². The van der Waals surface area contributed by atoms with Gasteiger partial charge in [-0.25, -0.2) is 0 Å². The molecule has 23 nitrogen and oxygen atoms in total. The maximum Gasteiger partial charge on any atom is 0.248 e. The third-order valence-electron chi connectivity index (χ3n) is 13.0. The van der Waals surface area contributed by atoms with Gasteiger partial charge in [0.1, 0.15) is 53.8 Å². The Balaban J connectivity index is 1.58. The Labute approximate surface area is 481 Å². The van der Waals surface area contributed by atoms with Gasteiger partial charge in [-0.2, -0.15) is 0 Å². The lowest BCUT2D eigenvalue weighted by Gasteiger charge is -2.29. The highest BCUT2D eigenvalue weighted by atomic mass is 35.5. The molecule has 17 N–H and O–H groups in total. The first-order valence-corrected chi connectivity index (χ1v) is 28.8. The van der Waals surface area contributed by atoms with E-state index in [1.807, 2.05) is 0 Å². The summed E-state index contributed by atoms with van der Waals surface area (Å²) in [4.78, 5) is 126. The van der Waals surface area contributed by atoms with Gasteiger partial charge in [-0.3, -0.25) is 43.2 Å². The molecule has 0 aliphatic carbocycles. The van der Waals surface area contributed by atoms with Crippen molar-refractivity contribution in [2.75, 3.05) is 25.2 Å². The largest absolute Gasteiger partial charge is 0.508 e. The number of halogens is 1. The fourth-order valence-corrected chi connectivity index (χ4v) is 10.8. The third-order valence-corrected chi connectivity index (χ3v) is 15.7. The summed E-state index contributed by atoms with van der Waals surface area (Å²) in [6.45, 7) is 1.55. The Morgan fingerprint density at radius 3 is 1.78 bits per heavy atom. The number of carbonyl (C=O) groups is 9. The number of phenols is 1. The number of amides is 9. The van der Waals surface area contributed by atoms with Crippen molar-refractivity contribution in [1.82, 2.24) is 37.2 Å². The van der Waals surface area contributed by atoms with Crippen LogP contribution in [0.1, 0.15) is 65.2 Å². The summed E-state index contributed by atoms with van der Waals surface area (Å²) in [6.07, 6.45) is -0.688. The number of nitrogens with two attached hydrogens (primary N) is 4. The van der Waals surface area contributed by atoms with Crippen molar-refractivity contribution in [3.63, 3.8) is 0 Å². The molecule has 4 aromatic carbocycles. The first-order valence-electron chi connectivity index (χ1n) is 26.0. The lowest BCUT2D eigenvalue weighted by molar-refractivity contribution is -0.136. The van der Waals surface area contributed by atoms with Crippen LogP contribution in [0.25, 0.3) is 0 Å². The van der Waals surface area contributed by atoms with Crippen LogP contribution in [0, 0.1) is 0 Å². The van der Waals surface area contributed by atoms with Crippen LogP contribution in [-0.4, -0.2) is 143 Å². The molecule has 0 bridgehead atoms. The number of methoxy groups -OCH3 is 1. The minimum absolute atomic E-state index is 0.0166. The molecular weight excluding hydrogens is 1110 g/mol. The molecule has 1 heterocycles. The molecular formula is C55H70ClN11O12S2. The minimum atomic E-state index is -1.74. The molecule has 9 atom stereocenters. The molecule has 0 spiro atoms. The van der Waals surface area contributed by atoms with Crippen molar-refractivity contribution in [2.24, 2.45) is 22.9 Å². The lowest BCUT2D eigenvalue weighted by atomic mass is 10.00. The number of hydrogen-bond donors (Lipinski definition) is 13. The molecule has 4 aromatic rings. The average molecular weight is 1180 g/mol. The predicted molar refractivity (Wildman–Crippen MR) is 307 cm³/mol. The summed E-state index contributed by atoms with van der Waals surface area (Å²) in [5.41, 5.74) is 25.7. The summed E-state index contributed by atoms with van der Waals surface area (Å²) in [5, 5.41) is 40.2. The second-order valence-corrected chi connectivity index (χ2v) is 22.3. The van der Waals surface area contributed by atoms with Crippen LogP contribution in [-0.2, 0) is 64.0 Å². The van der Waals surface area contributed by atoms with Gasteiger partial charge in [0, 0.05) is 41.4 Å². The summed E-state index contributed by atoms with van der Waals surface area (Å²) >= 11 is 6.08. The van der Waals surface area contributed by atoms with Crippen LogP contribution in [0.3, 0.4) is 0 Å². The Hall–Kier alpha value is -7.42. The highest BCUT2D eigenvalue weighted by Crippen LogP contribution is 2.25. The van der Waals surface area contributed by atoms with E-state index in [0.29, 0.717) is 58.8 Å². The van der Waals surface area contributed by atoms with E-state index in [1.54, 1.807) is 48.5 Å². The number of benzene rings is 4. The fourth-order valence-electron chi connectivity index (χ4n) is 8.34. The van der Waals surface area contributed by atoms with E-state index in [9.17, 15) is 53.4 Å². The molecule has 1 fully saturated rings. The Morgan fingerprint density at radius 1 is 0.679 bits per heavy atom. The van der Waals surface area contributed by atoms with E-state index in [-0.39, 0.29) is 54.9 Å². The maximum absolute atomic E-state index is 14.8. The quantitative estimate of drug-likeness (QED) is 0.0383. The molecule has 0 radical (unpaired) electrons. The van der Waals surface area contributed by atoms with Crippen molar-refractivity contribution in [3.05, 3.63) is 130 Å². The van der Waals surface area contributed by atoms with Gasteiger partial charge in [0.05, 0.1) is 19.3 Å². The van der Waals surface area contributed by atoms with E-state index >= 15 is 0 Å². The number of nitrogens with one attached hydrogen (secondary N) is 7. The predicted octanol–water partition coefficient (Wildman–Crippen LogP) is -0.0752. The molecule has 436 valence electrons. The van der Waals surface area contributed by atoms with Gasteiger partial charge in [-0.1, -0.05) is 94.6 Å². The van der Waals surface area contributed by atoms with Gasteiger partial charge in [-0.15, -0.1) is 0 Å². The fraction of sp³-hybridized carbons (Fsp3) is 0.400. The number of unbranched alkanes of at least 4 members (excludes halogenated alkanes) is 2. The van der Waals surface area contributed by atoms with Crippen LogP contribution < -0.4 is 64.9 Å². The van der Waals surface area contributed by atoms with Crippen LogP contribution in [0.15, 0.2) is 97.1 Å². The monoisotopic (exact) mass is 1180 g/mol. The van der Waals surface area contributed by atoms with Gasteiger partial charge in [0.15, 0.2) is 0 Å². The summed E-state index contributed by atoms with van der Waals surface area (Å²) in [7, 11) is 3.42. The Kier molecular flexibility index (Phi) is 25.5. The molecule has 1 saturated heterocycles. The van der Waals surface area contributed by atoms with Crippen molar-refractivity contribution >= 4 is 86.4 Å². The number of carbonyl (C=O) groups excluding carboxylic acids is 9. The molecule has 1 aliphatic heterocycles. The van der Waals surface area contributed by atoms with Gasteiger partial charge >= 0.3 is 0 Å². The van der Waals surface area contributed by atoms with Crippen LogP contribution in [0.2, 0.25) is 5.02 Å². The number of primary amides is 2. The highest BCUT2D eigenvalue weighted by molar-refractivity contribution is 8.76. The number of aliphatic hydroxyl groups excluding tert-OH is 1. The van der Waals surface area contributed by atoms with Crippen molar-refractivity contribution in [2.45, 2.75) is 113 Å². The average Bonchev–Trinajstić information content (AvgIpc) is 3.43. The zero-order chi connectivity index (χ0) is 59.2. The number of phenolic OH excluding ortho intramolecular Hbond substituents is 1. The zero-order valence-corrected chi connectivity index (χ0v) is 47.1. The maximum atomic E-state index is 14.8. The standard InChI is InChI=1S/C55H70ClN11O12S2/c1-30(68)46-55(78)66-45(53(76)62-41(48(60)71)25-34-13-21-38(79-2)22-14-34)29-81-80-28-44(65-49(72)39(58)24-31-9-17-36(56)18-10-31)54(77)64-43(27-33-11-19-37(69)20-12-33)52(75)63-42(26-32-7-15-35(16-8-32)47(59)70)51(74)61-40(50(73)67-46)6-4-3-5-23-57/h7-22,30,39-46,68-69H,3-6,23-29,57-58H2,1-2H3,(H2,59,70)(H2,60,71)(H,61,74)(H,62,76)(H,63,75)(H,64,77)(H,65,72)(H,66,78)(H,67,73)/t30-,39+,40+,41?,42-,43+,44-,45+,46+/m1/s1. The number of aliphatic hydroxyl groups is 1. The molecule has 0 aromatic heterocycles. The van der Waals surface area contributed by atoms with Crippen LogP contribution >= 0.6 is 33.2 Å². The van der Waals surface area contributed by atoms with Crippen molar-refractivity contribution < 1.29 is 58.1 Å². The molecule has 0 saturated carbocycles. The summed E-state index contributed by atoms with van der Waals surface area (Å²) in [6, 6.07) is 13.3. The van der Waals surface area contributed by atoms with Gasteiger partial charge < -0.3 is 75.1 Å². The van der Waals surface area contributed by atoms with Crippen LogP contribution in [0.4, 0.5) is 0 Å². The molecule has 26 heteroatoms. The summed E-state index contributed by atoms with van der Waals surface area (Å²) < 4.78 is 5.23. The molecule has 1 unspecified atom stereocenters. The first-order chi connectivity index (χ1) is 38.6. The second kappa shape index (κ2) is 32.1. The number of hydrogen-bond acceptors (Lipinski definition) is 16. The molecule has 5 rings (SSSR count). The van der Waals surface area contributed by atoms with E-state index in [1.165, 1.54) is 62.6 Å². The van der Waals surface area contributed by atoms with Gasteiger partial charge in [0.2, 0.25) is 53.2 Å². The molecule has 81 heavy (non-hydrogen) atoms. The normalized spacial score (nSPS) is 20.8. The Bertz CT molecular complexity index is 2800. The van der Waals surface area contributed by atoms with E-state index in [0.717, 1.165) is 21.6 Å². The minimum Gasteiger partial charge on any atom is -0.508 e. The topological polar surface area (TPSA) is 392 Å². The third kappa shape index (κ3) is 20.9. The smallest absolute Gasteiger partial charge is 0.248 e. The van der Waals surface area contributed by atoms with Crippen LogP contribution in [0.5, 0.6) is 11.5 Å². The Morgan fingerprint density at radius 2 is 1.21 bits per heavy atom. The molecule has 9 amide bonds. The number of ether oxygens (including phenoxy) is 1. The van der Waals surface area contributed by atoms with E-state index in [4.69, 9.17) is 39.3 Å². The highest BCUT2D eigenvalue weighted by Gasteiger charge is 2.36. The number of aromatic hydroxyl groups is 1. The van der Waals surface area contributed by atoms with Crippen molar-refractivity contribution in [1.29, 1.82) is 0 Å². The van der Waals surface area contributed by atoms with Gasteiger partial charge in [0.25, 0.3) is 0 Å². The first kappa shape index (κ1) is 64.4. The number of rotatable bonds is 21. The van der Waals surface area contributed by atoms with E-state index < -0.39 is 108 Å². The SMILES string of the molecule is COc1ccc(CC(NC(=O)[C@@H]2CSSC[C@@H](NC(=O)[C@@H](N)Cc3ccc(Cl)cc3)C(=O)N[C@@H](Cc3ccc(O)cc3)C(=O)N[C@H](Cc3ccc(C(N)=O)cc3)C(=O)N[C@@H](CCCCCN)C(=O)N[C@@H]([C@@H](C)O)C(=O)N2)C(N)=O)cc1.